The minimum atomic E-state index is -0.705. The highest BCUT2D eigenvalue weighted by molar-refractivity contribution is 6.09. The standard InChI is InChI=1S/C23H31N3O3/c1-6-9-16-12-18(24-14-16)20-13-17-10-7-8-11-19(17)26(20)21(27)15(2)25-22(28)29-23(3,4)5/h7-8,10-11,14-15,20H,6,9,12-13H2,1-5H3,(H,25,28). The van der Waals surface area contributed by atoms with Crippen molar-refractivity contribution in [2.24, 2.45) is 4.99 Å². The van der Waals surface area contributed by atoms with Crippen molar-refractivity contribution < 1.29 is 14.3 Å². The average molecular weight is 398 g/mol. The van der Waals surface area contributed by atoms with Crippen molar-refractivity contribution in [2.75, 3.05) is 4.90 Å². The molecule has 0 aliphatic carbocycles. The molecule has 0 aromatic heterocycles. The second-order valence-electron chi connectivity index (χ2n) is 8.76. The highest BCUT2D eigenvalue weighted by Gasteiger charge is 2.39. The molecule has 2 amide bonds. The van der Waals surface area contributed by atoms with E-state index in [9.17, 15) is 9.59 Å². The lowest BCUT2D eigenvalue weighted by atomic mass is 9.99. The van der Waals surface area contributed by atoms with Crippen molar-refractivity contribution >= 4 is 23.4 Å². The fourth-order valence-electron chi connectivity index (χ4n) is 3.86. The number of benzene rings is 1. The number of nitrogens with one attached hydrogen (secondary N) is 1. The number of aliphatic imine (C=N–C) groups is 1. The number of anilines is 1. The monoisotopic (exact) mass is 397 g/mol. The zero-order chi connectivity index (χ0) is 21.2. The molecule has 2 heterocycles. The Labute approximate surface area is 173 Å². The highest BCUT2D eigenvalue weighted by Crippen LogP contribution is 2.35. The first-order valence-electron chi connectivity index (χ1n) is 10.3. The molecule has 0 fully saturated rings. The molecule has 6 nitrogen and oxygen atoms in total. The van der Waals surface area contributed by atoms with Gasteiger partial charge >= 0.3 is 6.09 Å². The zero-order valence-electron chi connectivity index (χ0n) is 18.0. The predicted molar refractivity (Wildman–Crippen MR) is 115 cm³/mol. The van der Waals surface area contributed by atoms with Gasteiger partial charge in [0.2, 0.25) is 5.91 Å². The van der Waals surface area contributed by atoms with Crippen molar-refractivity contribution in [3.05, 3.63) is 41.6 Å². The van der Waals surface area contributed by atoms with E-state index in [0.29, 0.717) is 0 Å². The number of hydrogen-bond donors (Lipinski definition) is 1. The molecule has 0 saturated heterocycles. The minimum absolute atomic E-state index is 0.117. The second kappa shape index (κ2) is 8.39. The third-order valence-corrected chi connectivity index (χ3v) is 5.09. The van der Waals surface area contributed by atoms with Gasteiger partial charge in [-0.05, 0) is 51.3 Å². The van der Waals surface area contributed by atoms with Crippen LogP contribution < -0.4 is 10.2 Å². The lowest BCUT2D eigenvalue weighted by molar-refractivity contribution is -0.120. The van der Waals surface area contributed by atoms with Gasteiger partial charge in [0, 0.05) is 30.4 Å². The molecule has 2 atom stereocenters. The van der Waals surface area contributed by atoms with E-state index in [4.69, 9.17) is 4.74 Å². The normalized spacial score (nSPS) is 19.3. The van der Waals surface area contributed by atoms with Crippen LogP contribution in [0, 0.1) is 0 Å². The Kier molecular flexibility index (Phi) is 6.10. The molecule has 6 heteroatoms. The van der Waals surface area contributed by atoms with E-state index in [-0.39, 0.29) is 11.9 Å². The molecule has 0 bridgehead atoms. The van der Waals surface area contributed by atoms with Crippen LogP contribution in [0.5, 0.6) is 0 Å². The molecule has 2 aliphatic heterocycles. The summed E-state index contributed by atoms with van der Waals surface area (Å²) in [7, 11) is 0. The van der Waals surface area contributed by atoms with E-state index < -0.39 is 17.7 Å². The van der Waals surface area contributed by atoms with Crippen LogP contribution in [0.3, 0.4) is 0 Å². The van der Waals surface area contributed by atoms with Crippen molar-refractivity contribution in [1.82, 2.24) is 5.32 Å². The van der Waals surface area contributed by atoms with Crippen LogP contribution in [0.25, 0.3) is 0 Å². The summed E-state index contributed by atoms with van der Waals surface area (Å²) in [5.74, 6) is -0.155. The smallest absolute Gasteiger partial charge is 0.408 e. The van der Waals surface area contributed by atoms with Gasteiger partial charge in [-0.3, -0.25) is 9.79 Å². The van der Waals surface area contributed by atoms with E-state index in [1.54, 1.807) is 32.6 Å². The summed E-state index contributed by atoms with van der Waals surface area (Å²) in [6.45, 7) is 9.24. The lowest BCUT2D eigenvalue weighted by Gasteiger charge is -2.29. The van der Waals surface area contributed by atoms with Gasteiger partial charge < -0.3 is 15.0 Å². The summed E-state index contributed by atoms with van der Waals surface area (Å²) in [6, 6.07) is 7.12. The van der Waals surface area contributed by atoms with Gasteiger partial charge in [-0.25, -0.2) is 4.79 Å². The van der Waals surface area contributed by atoms with Crippen molar-refractivity contribution in [1.29, 1.82) is 0 Å². The quantitative estimate of drug-likeness (QED) is 0.801. The number of nitrogens with zero attached hydrogens (tertiary/aromatic N) is 2. The van der Waals surface area contributed by atoms with Crippen LogP contribution in [0.2, 0.25) is 0 Å². The van der Waals surface area contributed by atoms with E-state index in [1.807, 2.05) is 24.4 Å². The van der Waals surface area contributed by atoms with Crippen LogP contribution in [0.4, 0.5) is 10.5 Å². The van der Waals surface area contributed by atoms with Gasteiger partial charge in [0.25, 0.3) is 0 Å². The van der Waals surface area contributed by atoms with E-state index >= 15 is 0 Å². The number of alkyl carbamates (subject to hydrolysis) is 1. The van der Waals surface area contributed by atoms with Crippen LogP contribution in [0.1, 0.15) is 59.4 Å². The van der Waals surface area contributed by atoms with Gasteiger partial charge in [-0.2, -0.15) is 0 Å². The maximum atomic E-state index is 13.4. The minimum Gasteiger partial charge on any atom is -0.444 e. The molecule has 1 N–H and O–H groups in total. The summed E-state index contributed by atoms with van der Waals surface area (Å²) in [5.41, 5.74) is 3.73. The van der Waals surface area contributed by atoms with Crippen molar-refractivity contribution in [2.45, 2.75) is 78.0 Å². The number of amides is 2. The Morgan fingerprint density at radius 2 is 2.03 bits per heavy atom. The fraction of sp³-hybridized carbons (Fsp3) is 0.522. The Morgan fingerprint density at radius 1 is 1.31 bits per heavy atom. The molecule has 1 aromatic carbocycles. The lowest BCUT2D eigenvalue weighted by Crippen LogP contribution is -2.52. The summed E-state index contributed by atoms with van der Waals surface area (Å²) in [5, 5.41) is 2.68. The Morgan fingerprint density at radius 3 is 2.72 bits per heavy atom. The number of allylic oxidation sites excluding steroid dienone is 1. The van der Waals surface area contributed by atoms with Crippen molar-refractivity contribution in [3.63, 3.8) is 0 Å². The van der Waals surface area contributed by atoms with Gasteiger partial charge in [-0.15, -0.1) is 0 Å². The van der Waals surface area contributed by atoms with E-state index in [1.165, 1.54) is 5.57 Å². The predicted octanol–water partition coefficient (Wildman–Crippen LogP) is 4.39. The molecule has 0 saturated carbocycles. The number of carbonyl (C=O) groups excluding carboxylic acids is 2. The van der Waals surface area contributed by atoms with Gasteiger partial charge in [0.05, 0.1) is 6.04 Å². The molecular formula is C23H31N3O3. The van der Waals surface area contributed by atoms with Crippen LogP contribution in [-0.2, 0) is 16.0 Å². The highest BCUT2D eigenvalue weighted by atomic mass is 16.6. The molecule has 2 aliphatic rings. The third-order valence-electron chi connectivity index (χ3n) is 5.09. The average Bonchev–Trinajstić information content (AvgIpc) is 3.23. The number of carbonyl (C=O) groups is 2. The molecule has 0 radical (unpaired) electrons. The Balaban J connectivity index is 1.78. The maximum Gasteiger partial charge on any atom is 0.408 e. The number of fused-ring (bicyclic) bond motifs is 1. The fourth-order valence-corrected chi connectivity index (χ4v) is 3.86. The Bertz CT molecular complexity index is 851. The number of rotatable bonds is 5. The first-order valence-corrected chi connectivity index (χ1v) is 10.3. The van der Waals surface area contributed by atoms with Crippen LogP contribution >= 0.6 is 0 Å². The number of hydrogen-bond acceptors (Lipinski definition) is 4. The Hall–Kier alpha value is -2.63. The zero-order valence-corrected chi connectivity index (χ0v) is 18.0. The topological polar surface area (TPSA) is 71.0 Å². The van der Waals surface area contributed by atoms with Crippen LogP contribution in [-0.4, -0.2) is 35.4 Å². The van der Waals surface area contributed by atoms with Crippen LogP contribution in [0.15, 0.2) is 41.0 Å². The molecule has 1 aromatic rings. The van der Waals surface area contributed by atoms with E-state index in [0.717, 1.165) is 42.6 Å². The summed E-state index contributed by atoms with van der Waals surface area (Å²) in [6.07, 6.45) is 5.02. The van der Waals surface area contributed by atoms with Gasteiger partial charge in [0.1, 0.15) is 11.6 Å². The molecule has 156 valence electrons. The summed E-state index contributed by atoms with van der Waals surface area (Å²) < 4.78 is 5.31. The number of para-hydroxylation sites is 1. The molecule has 29 heavy (non-hydrogen) atoms. The molecule has 0 spiro atoms. The first-order chi connectivity index (χ1) is 13.7. The second-order valence-corrected chi connectivity index (χ2v) is 8.76. The molecule has 3 rings (SSSR count). The summed E-state index contributed by atoms with van der Waals surface area (Å²) in [4.78, 5) is 32.0. The maximum absolute atomic E-state index is 13.4. The number of ether oxygens (including phenoxy) is 1. The molecule has 2 unspecified atom stereocenters. The molecular weight excluding hydrogens is 366 g/mol. The third kappa shape index (κ3) is 4.86. The summed E-state index contributed by atoms with van der Waals surface area (Å²) >= 11 is 0. The SMILES string of the molecule is CCCC1=CN=C(C2Cc3ccccc3N2C(=O)C(C)NC(=O)OC(C)(C)C)C1. The van der Waals surface area contributed by atoms with Gasteiger partial charge in [0.15, 0.2) is 0 Å². The largest absolute Gasteiger partial charge is 0.444 e. The van der Waals surface area contributed by atoms with Gasteiger partial charge in [-0.1, -0.05) is 31.5 Å². The first kappa shape index (κ1) is 21.1. The van der Waals surface area contributed by atoms with E-state index in [2.05, 4.69) is 23.3 Å². The van der Waals surface area contributed by atoms with Crippen molar-refractivity contribution in [3.8, 4) is 0 Å².